The van der Waals surface area contributed by atoms with Gasteiger partial charge in [0.25, 0.3) is 0 Å². The Labute approximate surface area is 104 Å². The number of carbonyl (C=O) groups is 1. The third-order valence-corrected chi connectivity index (χ3v) is 4.40. The van der Waals surface area contributed by atoms with Gasteiger partial charge in [-0.15, -0.1) is 0 Å². The number of carbonyl (C=O) groups excluding carboxylic acids is 1. The van der Waals surface area contributed by atoms with Crippen LogP contribution in [-0.4, -0.2) is 38.3 Å². The zero-order valence-corrected chi connectivity index (χ0v) is 11.6. The van der Waals surface area contributed by atoms with E-state index in [0.29, 0.717) is 12.8 Å². The highest BCUT2D eigenvalue weighted by molar-refractivity contribution is 7.90. The molecule has 0 saturated carbocycles. The van der Waals surface area contributed by atoms with Crippen molar-refractivity contribution in [2.24, 2.45) is 0 Å². The lowest BCUT2D eigenvalue weighted by atomic mass is 9.85. The molecule has 1 rings (SSSR count). The van der Waals surface area contributed by atoms with E-state index in [4.69, 9.17) is 0 Å². The normalized spacial score (nSPS) is 25.1. The van der Waals surface area contributed by atoms with Crippen LogP contribution in [0.3, 0.4) is 0 Å². The van der Waals surface area contributed by atoms with Gasteiger partial charge < -0.3 is 5.32 Å². The number of Topliss-reactive ketones (excluding diaryl/α,β-unsaturated/α-hetero) is 1. The molecule has 1 atom stereocenters. The van der Waals surface area contributed by atoms with Crippen molar-refractivity contribution in [1.82, 2.24) is 5.32 Å². The van der Waals surface area contributed by atoms with Crippen LogP contribution in [0.2, 0.25) is 0 Å². The Morgan fingerprint density at radius 3 is 2.59 bits per heavy atom. The van der Waals surface area contributed by atoms with Crippen LogP contribution in [0.5, 0.6) is 0 Å². The minimum Gasteiger partial charge on any atom is -0.305 e. The summed E-state index contributed by atoms with van der Waals surface area (Å²) in [6.45, 7) is 2.98. The molecule has 0 radical (unpaired) electrons. The van der Waals surface area contributed by atoms with Gasteiger partial charge in [-0.25, -0.2) is 8.42 Å². The van der Waals surface area contributed by atoms with Gasteiger partial charge in [-0.2, -0.15) is 0 Å². The van der Waals surface area contributed by atoms with Crippen LogP contribution >= 0.6 is 0 Å². The number of hydrogen-bond donors (Lipinski definition) is 1. The van der Waals surface area contributed by atoms with Gasteiger partial charge in [-0.1, -0.05) is 13.3 Å². The third kappa shape index (κ3) is 4.39. The maximum Gasteiger partial charge on any atom is 0.152 e. The van der Waals surface area contributed by atoms with Crippen LogP contribution in [0.4, 0.5) is 0 Å². The molecule has 1 aliphatic heterocycles. The van der Waals surface area contributed by atoms with Gasteiger partial charge in [0.1, 0.15) is 9.84 Å². The number of sulfone groups is 1. The van der Waals surface area contributed by atoms with Crippen molar-refractivity contribution in [3.05, 3.63) is 0 Å². The van der Waals surface area contributed by atoms with E-state index < -0.39 is 9.84 Å². The molecule has 100 valence electrons. The van der Waals surface area contributed by atoms with E-state index in [0.717, 1.165) is 32.2 Å². The van der Waals surface area contributed by atoms with E-state index in [9.17, 15) is 13.2 Å². The summed E-state index contributed by atoms with van der Waals surface area (Å²) < 4.78 is 22.0. The molecule has 1 heterocycles. The molecule has 4 nitrogen and oxygen atoms in total. The Morgan fingerprint density at radius 1 is 1.41 bits per heavy atom. The second kappa shape index (κ2) is 5.96. The molecule has 0 aromatic rings. The van der Waals surface area contributed by atoms with Crippen molar-refractivity contribution in [3.63, 3.8) is 0 Å². The molecule has 1 unspecified atom stereocenters. The van der Waals surface area contributed by atoms with Crippen LogP contribution in [-0.2, 0) is 14.6 Å². The minimum absolute atomic E-state index is 0.112. The zero-order chi connectivity index (χ0) is 12.9. The highest BCUT2D eigenvalue weighted by Crippen LogP contribution is 2.27. The first-order chi connectivity index (χ1) is 7.90. The van der Waals surface area contributed by atoms with Gasteiger partial charge in [-0.3, -0.25) is 4.79 Å². The lowest BCUT2D eigenvalue weighted by Gasteiger charge is -2.27. The van der Waals surface area contributed by atoms with Gasteiger partial charge in [-0.05, 0) is 32.2 Å². The van der Waals surface area contributed by atoms with Crippen molar-refractivity contribution in [3.8, 4) is 0 Å². The highest BCUT2D eigenvalue weighted by Gasteiger charge is 2.38. The first kappa shape index (κ1) is 14.6. The Bertz CT molecular complexity index is 356. The summed E-state index contributed by atoms with van der Waals surface area (Å²) in [5, 5.41) is 3.32. The first-order valence-corrected chi connectivity index (χ1v) is 8.42. The average molecular weight is 261 g/mol. The first-order valence-electron chi connectivity index (χ1n) is 6.36. The Hall–Kier alpha value is -0.420. The lowest BCUT2D eigenvalue weighted by Crippen LogP contribution is -2.47. The standard InChI is InChI=1S/C12H23NO3S/c1-3-7-12(8-5-9-13-12)11(14)6-4-10-17(2,15)16/h13H,3-10H2,1-2H3. The predicted molar refractivity (Wildman–Crippen MR) is 68.8 cm³/mol. The molecule has 0 spiro atoms. The lowest BCUT2D eigenvalue weighted by molar-refractivity contribution is -0.125. The second-order valence-corrected chi connectivity index (χ2v) is 7.28. The monoisotopic (exact) mass is 261 g/mol. The third-order valence-electron chi connectivity index (χ3n) is 3.37. The molecule has 0 aliphatic carbocycles. The summed E-state index contributed by atoms with van der Waals surface area (Å²) in [4.78, 5) is 12.2. The topological polar surface area (TPSA) is 63.2 Å². The van der Waals surface area contributed by atoms with Crippen LogP contribution in [0.15, 0.2) is 0 Å². The van der Waals surface area contributed by atoms with E-state index >= 15 is 0 Å². The smallest absolute Gasteiger partial charge is 0.152 e. The number of ketones is 1. The predicted octanol–water partition coefficient (Wildman–Crippen LogP) is 1.30. The summed E-state index contributed by atoms with van der Waals surface area (Å²) >= 11 is 0. The van der Waals surface area contributed by atoms with E-state index in [1.54, 1.807) is 0 Å². The fourth-order valence-electron chi connectivity index (χ4n) is 2.56. The summed E-state index contributed by atoms with van der Waals surface area (Å²) in [6, 6.07) is 0. The number of rotatable bonds is 7. The van der Waals surface area contributed by atoms with Gasteiger partial charge in [0.2, 0.25) is 0 Å². The number of hydrogen-bond acceptors (Lipinski definition) is 4. The Balaban J connectivity index is 2.49. The van der Waals surface area contributed by atoms with Crippen molar-refractivity contribution in [2.75, 3.05) is 18.6 Å². The van der Waals surface area contributed by atoms with E-state index in [2.05, 4.69) is 12.2 Å². The van der Waals surface area contributed by atoms with E-state index in [1.165, 1.54) is 6.26 Å². The van der Waals surface area contributed by atoms with Crippen LogP contribution in [0, 0.1) is 0 Å². The van der Waals surface area contributed by atoms with Gasteiger partial charge >= 0.3 is 0 Å². The van der Waals surface area contributed by atoms with Crippen LogP contribution in [0.25, 0.3) is 0 Å². The SMILES string of the molecule is CCCC1(C(=O)CCCS(C)(=O)=O)CCCN1. The molecule has 1 saturated heterocycles. The molecule has 17 heavy (non-hydrogen) atoms. The highest BCUT2D eigenvalue weighted by atomic mass is 32.2. The van der Waals surface area contributed by atoms with E-state index in [1.807, 2.05) is 0 Å². The minimum atomic E-state index is -2.95. The fraction of sp³-hybridized carbons (Fsp3) is 0.917. The molecule has 1 aliphatic rings. The largest absolute Gasteiger partial charge is 0.305 e. The molecular weight excluding hydrogens is 238 g/mol. The maximum absolute atomic E-state index is 12.2. The van der Waals surface area contributed by atoms with Gasteiger partial charge in [0.05, 0.1) is 11.3 Å². The molecular formula is C12H23NO3S. The fourth-order valence-corrected chi connectivity index (χ4v) is 3.23. The average Bonchev–Trinajstić information content (AvgIpc) is 2.66. The summed E-state index contributed by atoms with van der Waals surface area (Å²) in [6.07, 6.45) is 5.82. The summed E-state index contributed by atoms with van der Waals surface area (Å²) in [5.74, 6) is 0.307. The molecule has 1 N–H and O–H groups in total. The zero-order valence-electron chi connectivity index (χ0n) is 10.8. The molecule has 0 bridgehead atoms. The molecule has 0 aromatic carbocycles. The molecule has 5 heteroatoms. The summed E-state index contributed by atoms with van der Waals surface area (Å²) in [7, 11) is -2.95. The summed E-state index contributed by atoms with van der Waals surface area (Å²) in [5.41, 5.74) is -0.355. The van der Waals surface area contributed by atoms with Gasteiger partial charge in [0, 0.05) is 12.7 Å². The Morgan fingerprint density at radius 2 is 2.12 bits per heavy atom. The quantitative estimate of drug-likeness (QED) is 0.750. The van der Waals surface area contributed by atoms with Gasteiger partial charge in [0.15, 0.2) is 5.78 Å². The molecule has 1 fully saturated rings. The van der Waals surface area contributed by atoms with Crippen molar-refractivity contribution in [1.29, 1.82) is 0 Å². The molecule has 0 amide bonds. The van der Waals surface area contributed by atoms with Crippen molar-refractivity contribution < 1.29 is 13.2 Å². The second-order valence-electron chi connectivity index (χ2n) is 5.02. The Kier molecular flexibility index (Phi) is 5.13. The van der Waals surface area contributed by atoms with E-state index in [-0.39, 0.29) is 17.1 Å². The van der Waals surface area contributed by atoms with Crippen LogP contribution < -0.4 is 5.32 Å². The maximum atomic E-state index is 12.2. The van der Waals surface area contributed by atoms with Crippen molar-refractivity contribution in [2.45, 2.75) is 51.0 Å². The van der Waals surface area contributed by atoms with Crippen molar-refractivity contribution >= 4 is 15.6 Å². The van der Waals surface area contributed by atoms with Crippen LogP contribution in [0.1, 0.15) is 45.4 Å². The molecule has 0 aromatic heterocycles. The number of nitrogens with one attached hydrogen (secondary N) is 1.